The number of rotatable bonds is 0. The van der Waals surface area contributed by atoms with Crippen molar-refractivity contribution in [1.29, 1.82) is 0 Å². The van der Waals surface area contributed by atoms with Crippen LogP contribution in [0.3, 0.4) is 0 Å². The van der Waals surface area contributed by atoms with E-state index in [1.165, 1.54) is 11.3 Å². The quantitative estimate of drug-likeness (QED) is 0.495. The Bertz CT molecular complexity index is 1290. The highest BCUT2D eigenvalue weighted by atomic mass is 79.9. The van der Waals surface area contributed by atoms with Gasteiger partial charge in [0.25, 0.3) is 11.5 Å². The first-order chi connectivity index (χ1) is 11.6. The molecule has 116 valence electrons. The number of nitrogens with zero attached hydrogens (tertiary/aromatic N) is 2. The molecule has 0 spiro atoms. The number of imidazole rings is 1. The lowest BCUT2D eigenvalue weighted by Gasteiger charge is -1.97. The lowest BCUT2D eigenvalue weighted by Crippen LogP contribution is -2.27. The number of carbonyl (C=O) groups is 1. The molecule has 0 saturated heterocycles. The van der Waals surface area contributed by atoms with Gasteiger partial charge in [-0.05, 0) is 30.3 Å². The number of benzene rings is 2. The van der Waals surface area contributed by atoms with Gasteiger partial charge in [0.05, 0.1) is 16.6 Å². The molecule has 5 rings (SSSR count). The fourth-order valence-electron chi connectivity index (χ4n) is 3.03. The van der Waals surface area contributed by atoms with Gasteiger partial charge < -0.3 is 5.32 Å². The van der Waals surface area contributed by atoms with Crippen molar-refractivity contribution in [3.63, 3.8) is 0 Å². The summed E-state index contributed by atoms with van der Waals surface area (Å²) in [6, 6.07) is 13.0. The summed E-state index contributed by atoms with van der Waals surface area (Å²) in [4.78, 5) is 30.5. The molecule has 0 unspecified atom stereocenters. The van der Waals surface area contributed by atoms with Crippen molar-refractivity contribution >= 4 is 60.4 Å². The maximum atomic E-state index is 13.0. The van der Waals surface area contributed by atoms with Gasteiger partial charge in [-0.15, -0.1) is 0 Å². The minimum atomic E-state index is -0.256. The van der Waals surface area contributed by atoms with Gasteiger partial charge in [-0.2, -0.15) is 0 Å². The Morgan fingerprint density at radius 3 is 2.83 bits per heavy atom. The molecule has 3 heterocycles. The zero-order valence-electron chi connectivity index (χ0n) is 12.0. The largest absolute Gasteiger partial charge is 0.321 e. The Morgan fingerprint density at radius 1 is 1.12 bits per heavy atom. The molecular formula is C17H8BrN3O2S. The summed E-state index contributed by atoms with van der Waals surface area (Å²) in [7, 11) is 0. The van der Waals surface area contributed by atoms with Gasteiger partial charge in [-0.3, -0.25) is 9.59 Å². The molecule has 0 radical (unpaired) electrons. The Kier molecular flexibility index (Phi) is 2.75. The van der Waals surface area contributed by atoms with Crippen LogP contribution in [0, 0.1) is 0 Å². The molecule has 0 aliphatic carbocycles. The molecule has 7 heteroatoms. The summed E-state index contributed by atoms with van der Waals surface area (Å²) in [5.74, 6) is -0.256. The molecular weight excluding hydrogens is 390 g/mol. The number of carbonyl (C=O) groups excluding carboxylic acids is 1. The topological polar surface area (TPSA) is 63.5 Å². The standard InChI is InChI=1S/C17H8BrN3O2S/c18-8-5-6-10-9(7-8)13(15(22)19-10)14-16(23)21-12-4-2-1-3-11(12)20-17(21)24-14/h1-7H,(H,19,22). The number of anilines is 1. The number of fused-ring (bicyclic) bond motifs is 4. The number of amides is 1. The van der Waals surface area contributed by atoms with Crippen LogP contribution in [-0.4, -0.2) is 15.3 Å². The van der Waals surface area contributed by atoms with E-state index in [-0.39, 0.29) is 11.5 Å². The summed E-state index contributed by atoms with van der Waals surface area (Å²) < 4.78 is 2.85. The van der Waals surface area contributed by atoms with Gasteiger partial charge >= 0.3 is 0 Å². The predicted octanol–water partition coefficient (Wildman–Crippen LogP) is 2.54. The highest BCUT2D eigenvalue weighted by molar-refractivity contribution is 9.10. The average Bonchev–Trinajstić information content (AvgIpc) is 3.17. The van der Waals surface area contributed by atoms with Crippen LogP contribution in [0.2, 0.25) is 0 Å². The second-order valence-electron chi connectivity index (χ2n) is 5.47. The smallest absolute Gasteiger partial charge is 0.275 e. The molecule has 4 aromatic rings. The molecule has 1 N–H and O–H groups in total. The molecule has 24 heavy (non-hydrogen) atoms. The van der Waals surface area contributed by atoms with Gasteiger partial charge in [0.1, 0.15) is 4.53 Å². The third-order valence-corrected chi connectivity index (χ3v) is 5.61. The Balaban J connectivity index is 1.95. The highest BCUT2D eigenvalue weighted by Crippen LogP contribution is 2.32. The van der Waals surface area contributed by atoms with E-state index in [2.05, 4.69) is 26.2 Å². The van der Waals surface area contributed by atoms with Gasteiger partial charge in [0.2, 0.25) is 0 Å². The zero-order valence-corrected chi connectivity index (χ0v) is 14.4. The summed E-state index contributed by atoms with van der Waals surface area (Å²) >= 11 is 4.66. The van der Waals surface area contributed by atoms with Crippen LogP contribution in [0.15, 0.2) is 51.7 Å². The number of hydrogen-bond acceptors (Lipinski definition) is 4. The van der Waals surface area contributed by atoms with Crippen LogP contribution < -0.4 is 15.4 Å². The van der Waals surface area contributed by atoms with E-state index in [9.17, 15) is 9.59 Å². The Morgan fingerprint density at radius 2 is 1.96 bits per heavy atom. The van der Waals surface area contributed by atoms with E-state index >= 15 is 0 Å². The van der Waals surface area contributed by atoms with Crippen LogP contribution in [-0.2, 0) is 4.79 Å². The lowest BCUT2D eigenvalue weighted by molar-refractivity contribution is -0.110. The van der Waals surface area contributed by atoms with Crippen LogP contribution in [0.1, 0.15) is 5.56 Å². The second kappa shape index (κ2) is 4.75. The van der Waals surface area contributed by atoms with Crippen molar-refractivity contribution in [2.24, 2.45) is 0 Å². The lowest BCUT2D eigenvalue weighted by atomic mass is 10.1. The Labute approximate surface area is 147 Å². The minimum absolute atomic E-state index is 0.207. The van der Waals surface area contributed by atoms with Gasteiger partial charge in [0.15, 0.2) is 4.96 Å². The summed E-state index contributed by atoms with van der Waals surface area (Å²) in [5.41, 5.74) is 3.19. The Hall–Kier alpha value is -2.51. The number of aromatic nitrogens is 2. The van der Waals surface area contributed by atoms with Crippen molar-refractivity contribution in [3.8, 4) is 0 Å². The summed E-state index contributed by atoms with van der Waals surface area (Å²) in [6.07, 6.45) is 0. The van der Waals surface area contributed by atoms with Crippen molar-refractivity contribution < 1.29 is 4.79 Å². The van der Waals surface area contributed by atoms with Crippen LogP contribution in [0.4, 0.5) is 5.69 Å². The number of para-hydroxylation sites is 2. The molecule has 0 saturated carbocycles. The molecule has 5 nitrogen and oxygen atoms in total. The summed E-state index contributed by atoms with van der Waals surface area (Å²) in [5, 5.41) is 2.82. The number of nitrogens with one attached hydrogen (secondary N) is 1. The van der Waals surface area contributed by atoms with E-state index in [1.807, 2.05) is 42.5 Å². The van der Waals surface area contributed by atoms with E-state index < -0.39 is 0 Å². The first-order valence-corrected chi connectivity index (χ1v) is 8.80. The molecule has 0 fully saturated rings. The molecule has 1 aliphatic rings. The van der Waals surface area contributed by atoms with Gasteiger partial charge in [0, 0.05) is 15.7 Å². The number of hydrogen-bond donors (Lipinski definition) is 1. The molecule has 1 amide bonds. The van der Waals surface area contributed by atoms with E-state index in [4.69, 9.17) is 0 Å². The summed E-state index contributed by atoms with van der Waals surface area (Å²) in [6.45, 7) is 0. The van der Waals surface area contributed by atoms with E-state index in [0.29, 0.717) is 20.8 Å². The van der Waals surface area contributed by atoms with Crippen LogP contribution in [0.5, 0.6) is 0 Å². The molecule has 2 aromatic heterocycles. The number of thiazole rings is 1. The SMILES string of the molecule is O=C1Nc2ccc(Br)cc2C1=c1sc2nc3ccccc3n2c1=O. The van der Waals surface area contributed by atoms with Crippen molar-refractivity contribution in [1.82, 2.24) is 9.38 Å². The van der Waals surface area contributed by atoms with Crippen LogP contribution in [0.25, 0.3) is 21.6 Å². The van der Waals surface area contributed by atoms with Crippen molar-refractivity contribution in [2.45, 2.75) is 0 Å². The maximum absolute atomic E-state index is 13.0. The highest BCUT2D eigenvalue weighted by Gasteiger charge is 2.27. The van der Waals surface area contributed by atoms with Crippen molar-refractivity contribution in [3.05, 3.63) is 67.4 Å². The third-order valence-electron chi connectivity index (χ3n) is 4.07. The fourth-order valence-corrected chi connectivity index (χ4v) is 4.47. The normalized spacial score (nSPS) is 16.0. The fraction of sp³-hybridized carbons (Fsp3) is 0. The number of halogens is 1. The minimum Gasteiger partial charge on any atom is -0.321 e. The van der Waals surface area contributed by atoms with E-state index in [0.717, 1.165) is 21.1 Å². The molecule has 0 bridgehead atoms. The monoisotopic (exact) mass is 397 g/mol. The average molecular weight is 398 g/mol. The molecule has 0 atom stereocenters. The van der Waals surface area contributed by atoms with Crippen molar-refractivity contribution in [2.75, 3.05) is 5.32 Å². The molecule has 1 aliphatic heterocycles. The second-order valence-corrected chi connectivity index (χ2v) is 7.37. The first kappa shape index (κ1) is 13.9. The zero-order chi connectivity index (χ0) is 16.4. The third kappa shape index (κ3) is 1.76. The van der Waals surface area contributed by atoms with Gasteiger partial charge in [-0.25, -0.2) is 9.38 Å². The molecule has 2 aromatic carbocycles. The van der Waals surface area contributed by atoms with Gasteiger partial charge in [-0.1, -0.05) is 39.4 Å². The first-order valence-electron chi connectivity index (χ1n) is 7.19. The van der Waals surface area contributed by atoms with E-state index in [1.54, 1.807) is 4.40 Å². The van der Waals surface area contributed by atoms with Crippen LogP contribution >= 0.6 is 27.3 Å². The predicted molar refractivity (Wildman–Crippen MR) is 97.3 cm³/mol. The maximum Gasteiger partial charge on any atom is 0.275 e.